The fourth-order valence-electron chi connectivity index (χ4n) is 2.93. The molecule has 0 aliphatic heterocycles. The zero-order valence-electron chi connectivity index (χ0n) is 17.7. The van der Waals surface area contributed by atoms with Gasteiger partial charge in [-0.1, -0.05) is 35.9 Å². The van der Waals surface area contributed by atoms with E-state index < -0.39 is 0 Å². The number of nitrogens with one attached hydrogen (secondary N) is 2. The summed E-state index contributed by atoms with van der Waals surface area (Å²) in [4.78, 5) is 26.0. The van der Waals surface area contributed by atoms with Crippen LogP contribution in [-0.2, 0) is 4.79 Å². The highest BCUT2D eigenvalue weighted by atomic mass is 32.2. The second-order valence-electron chi connectivity index (χ2n) is 7.34. The molecule has 3 rings (SSSR count). The van der Waals surface area contributed by atoms with E-state index in [4.69, 9.17) is 0 Å². The maximum Gasteiger partial charge on any atom is 0.255 e. The van der Waals surface area contributed by atoms with Crippen LogP contribution in [0.15, 0.2) is 71.6 Å². The molecule has 0 aliphatic carbocycles. The van der Waals surface area contributed by atoms with Crippen molar-refractivity contribution < 1.29 is 9.59 Å². The van der Waals surface area contributed by atoms with Crippen LogP contribution in [0.25, 0.3) is 0 Å². The average molecular weight is 419 g/mol. The van der Waals surface area contributed by atoms with E-state index in [9.17, 15) is 9.59 Å². The van der Waals surface area contributed by atoms with Gasteiger partial charge in [0.05, 0.1) is 5.25 Å². The van der Waals surface area contributed by atoms with E-state index in [0.717, 1.165) is 27.3 Å². The lowest BCUT2D eigenvalue weighted by Gasteiger charge is -2.15. The van der Waals surface area contributed by atoms with Crippen LogP contribution in [0.1, 0.15) is 34.0 Å². The minimum atomic E-state index is -0.284. The first-order chi connectivity index (χ1) is 14.3. The molecule has 0 aromatic heterocycles. The quantitative estimate of drug-likeness (QED) is 0.484. The SMILES string of the molecule is Cc1ccc(C(=O)Nc2cccc(SC(C)C(=O)Nc3cccc(C)c3C)c2)cc1. The number of anilines is 2. The van der Waals surface area contributed by atoms with E-state index in [0.29, 0.717) is 11.3 Å². The van der Waals surface area contributed by atoms with E-state index in [2.05, 4.69) is 10.6 Å². The van der Waals surface area contributed by atoms with Gasteiger partial charge in [-0.25, -0.2) is 0 Å². The van der Waals surface area contributed by atoms with Gasteiger partial charge in [-0.05, 0) is 75.2 Å². The predicted octanol–water partition coefficient (Wildman–Crippen LogP) is 5.98. The second-order valence-corrected chi connectivity index (χ2v) is 8.76. The van der Waals surface area contributed by atoms with Crippen molar-refractivity contribution in [2.45, 2.75) is 37.8 Å². The Morgan fingerprint density at radius 1 is 0.867 bits per heavy atom. The Bertz CT molecular complexity index is 1060. The summed E-state index contributed by atoms with van der Waals surface area (Å²) in [5.41, 5.74) is 5.48. The Morgan fingerprint density at radius 3 is 2.30 bits per heavy atom. The standard InChI is InChI=1S/C25H26N2O2S/c1-16-11-13-20(14-12-16)25(29)26-21-8-6-9-22(15-21)30-19(4)24(28)27-23-10-5-7-17(2)18(23)3/h5-15,19H,1-4H3,(H,26,29)(H,27,28). The maximum atomic E-state index is 12.7. The van der Waals surface area contributed by atoms with Crippen LogP contribution >= 0.6 is 11.8 Å². The summed E-state index contributed by atoms with van der Waals surface area (Å²) in [6.07, 6.45) is 0. The number of benzene rings is 3. The summed E-state index contributed by atoms with van der Waals surface area (Å²) >= 11 is 1.46. The van der Waals surface area contributed by atoms with Crippen molar-refractivity contribution in [1.29, 1.82) is 0 Å². The summed E-state index contributed by atoms with van der Waals surface area (Å²) in [6.45, 7) is 7.89. The molecule has 0 radical (unpaired) electrons. The number of aryl methyl sites for hydroxylation is 2. The van der Waals surface area contributed by atoms with Crippen LogP contribution in [0, 0.1) is 20.8 Å². The topological polar surface area (TPSA) is 58.2 Å². The van der Waals surface area contributed by atoms with Crippen LogP contribution < -0.4 is 10.6 Å². The zero-order chi connectivity index (χ0) is 21.7. The van der Waals surface area contributed by atoms with Crippen molar-refractivity contribution in [3.63, 3.8) is 0 Å². The van der Waals surface area contributed by atoms with Gasteiger partial charge >= 0.3 is 0 Å². The summed E-state index contributed by atoms with van der Waals surface area (Å²) in [5.74, 6) is -0.208. The molecule has 0 heterocycles. The molecular weight excluding hydrogens is 392 g/mol. The fourth-order valence-corrected chi connectivity index (χ4v) is 3.86. The largest absolute Gasteiger partial charge is 0.325 e. The molecule has 1 atom stereocenters. The Labute approximate surface area is 182 Å². The molecule has 2 amide bonds. The summed E-state index contributed by atoms with van der Waals surface area (Å²) in [7, 11) is 0. The highest BCUT2D eigenvalue weighted by molar-refractivity contribution is 8.00. The van der Waals surface area contributed by atoms with Gasteiger partial charge in [0.1, 0.15) is 0 Å². The van der Waals surface area contributed by atoms with Gasteiger partial charge in [0, 0.05) is 21.8 Å². The molecule has 3 aromatic rings. The number of rotatable bonds is 6. The Balaban J connectivity index is 1.64. The van der Waals surface area contributed by atoms with Crippen molar-refractivity contribution in [3.05, 3.63) is 89.0 Å². The minimum Gasteiger partial charge on any atom is -0.325 e. The third-order valence-electron chi connectivity index (χ3n) is 4.95. The first-order valence-electron chi connectivity index (χ1n) is 9.85. The van der Waals surface area contributed by atoms with E-state index >= 15 is 0 Å². The van der Waals surface area contributed by atoms with Crippen molar-refractivity contribution in [2.75, 3.05) is 10.6 Å². The minimum absolute atomic E-state index is 0.0530. The summed E-state index contributed by atoms with van der Waals surface area (Å²) in [5, 5.41) is 5.65. The van der Waals surface area contributed by atoms with Gasteiger partial charge in [-0.2, -0.15) is 0 Å². The molecule has 5 heteroatoms. The summed E-state index contributed by atoms with van der Waals surface area (Å²) in [6, 6.07) is 20.9. The molecule has 0 saturated carbocycles. The Kier molecular flexibility index (Phi) is 6.95. The molecule has 3 aromatic carbocycles. The van der Waals surface area contributed by atoms with Crippen LogP contribution in [0.4, 0.5) is 11.4 Å². The van der Waals surface area contributed by atoms with Crippen LogP contribution in [0.5, 0.6) is 0 Å². The molecule has 1 unspecified atom stereocenters. The lowest BCUT2D eigenvalue weighted by Crippen LogP contribution is -2.23. The Hall–Kier alpha value is -3.05. The normalized spacial score (nSPS) is 11.6. The third kappa shape index (κ3) is 5.51. The zero-order valence-corrected chi connectivity index (χ0v) is 18.5. The number of thioether (sulfide) groups is 1. The summed E-state index contributed by atoms with van der Waals surface area (Å²) < 4.78 is 0. The lowest BCUT2D eigenvalue weighted by molar-refractivity contribution is -0.115. The van der Waals surface area contributed by atoms with E-state index in [1.807, 2.05) is 94.4 Å². The van der Waals surface area contributed by atoms with Gasteiger partial charge < -0.3 is 10.6 Å². The molecule has 30 heavy (non-hydrogen) atoms. The highest BCUT2D eigenvalue weighted by Gasteiger charge is 2.16. The first kappa shape index (κ1) is 21.7. The van der Waals surface area contributed by atoms with E-state index in [-0.39, 0.29) is 17.1 Å². The van der Waals surface area contributed by atoms with Gasteiger partial charge in [0.15, 0.2) is 0 Å². The molecule has 4 nitrogen and oxygen atoms in total. The number of hydrogen-bond donors (Lipinski definition) is 2. The molecule has 0 spiro atoms. The monoisotopic (exact) mass is 418 g/mol. The average Bonchev–Trinajstić information content (AvgIpc) is 2.72. The Morgan fingerprint density at radius 2 is 1.57 bits per heavy atom. The predicted molar refractivity (Wildman–Crippen MR) is 125 cm³/mol. The number of carbonyl (C=O) groups is 2. The van der Waals surface area contributed by atoms with Gasteiger partial charge in [0.25, 0.3) is 5.91 Å². The smallest absolute Gasteiger partial charge is 0.255 e. The third-order valence-corrected chi connectivity index (χ3v) is 6.04. The molecule has 0 fully saturated rings. The number of carbonyl (C=O) groups excluding carboxylic acids is 2. The molecular formula is C25H26N2O2S. The maximum absolute atomic E-state index is 12.7. The number of amides is 2. The number of hydrogen-bond acceptors (Lipinski definition) is 3. The molecule has 0 aliphatic rings. The molecule has 0 saturated heterocycles. The van der Waals surface area contributed by atoms with Crippen LogP contribution in [0.2, 0.25) is 0 Å². The first-order valence-corrected chi connectivity index (χ1v) is 10.7. The van der Waals surface area contributed by atoms with E-state index in [1.165, 1.54) is 11.8 Å². The highest BCUT2D eigenvalue weighted by Crippen LogP contribution is 2.27. The van der Waals surface area contributed by atoms with Crippen molar-refractivity contribution in [1.82, 2.24) is 0 Å². The van der Waals surface area contributed by atoms with Crippen molar-refractivity contribution in [3.8, 4) is 0 Å². The lowest BCUT2D eigenvalue weighted by atomic mass is 10.1. The van der Waals surface area contributed by atoms with Gasteiger partial charge in [-0.3, -0.25) is 9.59 Å². The van der Waals surface area contributed by atoms with Crippen molar-refractivity contribution >= 4 is 35.0 Å². The van der Waals surface area contributed by atoms with Crippen molar-refractivity contribution in [2.24, 2.45) is 0 Å². The van der Waals surface area contributed by atoms with Gasteiger partial charge in [-0.15, -0.1) is 11.8 Å². The molecule has 0 bridgehead atoms. The molecule has 154 valence electrons. The van der Waals surface area contributed by atoms with Crippen LogP contribution in [0.3, 0.4) is 0 Å². The van der Waals surface area contributed by atoms with Crippen LogP contribution in [-0.4, -0.2) is 17.1 Å². The fraction of sp³-hybridized carbons (Fsp3) is 0.200. The van der Waals surface area contributed by atoms with Gasteiger partial charge in [0.2, 0.25) is 5.91 Å². The molecule has 2 N–H and O–H groups in total. The van der Waals surface area contributed by atoms with E-state index in [1.54, 1.807) is 0 Å². The second kappa shape index (κ2) is 9.63.